The van der Waals surface area contributed by atoms with Crippen LogP contribution in [-0.2, 0) is 21.2 Å². The van der Waals surface area contributed by atoms with Gasteiger partial charge in [0, 0.05) is 24.2 Å². The molecule has 44 heavy (non-hydrogen) atoms. The Morgan fingerprint density at radius 2 is 1.68 bits per heavy atom. The van der Waals surface area contributed by atoms with Crippen LogP contribution in [0, 0.1) is 6.92 Å². The van der Waals surface area contributed by atoms with Gasteiger partial charge in [-0.1, -0.05) is 54.1 Å². The Bertz CT molecular complexity index is 1940. The molecule has 11 heteroatoms. The second-order valence-corrected chi connectivity index (χ2v) is 12.7. The van der Waals surface area contributed by atoms with Crippen LogP contribution < -0.4 is 10.0 Å². The summed E-state index contributed by atoms with van der Waals surface area (Å²) in [6.45, 7) is 2.19. The summed E-state index contributed by atoms with van der Waals surface area (Å²) in [5.74, 6) is 0.150. The topological polar surface area (TPSA) is 144 Å². The number of carboxylic acid groups (broad SMARTS) is 1. The van der Waals surface area contributed by atoms with Crippen molar-refractivity contribution in [3.8, 4) is 11.4 Å². The number of benzene rings is 4. The van der Waals surface area contributed by atoms with Crippen LogP contribution in [0.3, 0.4) is 0 Å². The molecular formula is C33H31N5O5S. The molecule has 0 spiro atoms. The first-order chi connectivity index (χ1) is 21.1. The highest BCUT2D eigenvalue weighted by molar-refractivity contribution is 7.92. The number of hydrogen-bond acceptors (Lipinski definition) is 5. The van der Waals surface area contributed by atoms with Gasteiger partial charge in [0.15, 0.2) is 0 Å². The van der Waals surface area contributed by atoms with Crippen molar-refractivity contribution >= 4 is 44.4 Å². The first-order valence-corrected chi connectivity index (χ1v) is 15.7. The average molecular weight is 610 g/mol. The number of carbonyl (C=O) groups is 2. The summed E-state index contributed by atoms with van der Waals surface area (Å²) in [6, 6.07) is 28.3. The maximum Gasteiger partial charge on any atom is 0.408 e. The van der Waals surface area contributed by atoms with Gasteiger partial charge in [0.2, 0.25) is 0 Å². The van der Waals surface area contributed by atoms with Gasteiger partial charge in [-0.15, -0.1) is 0 Å². The lowest BCUT2D eigenvalue weighted by Crippen LogP contribution is -2.56. The molecule has 1 aliphatic heterocycles. The molecule has 10 nitrogen and oxygen atoms in total. The standard InChI is InChI=1S/C33H31N5O5S/c1-22-11-17-26(18-12-22)44(42,43)37-28-10-5-9-27-29(28)36-30(35-27)24-13-15-25(16-14-24)34-31(39)33(19-6-20-38(33)32(40)41)21-23-7-3-2-4-8-23/h2-5,7-18,37H,6,19-21H2,1H3,(H,34,39)(H,35,36)(H,40,41)/t33-/m0/s1. The molecular weight excluding hydrogens is 578 g/mol. The van der Waals surface area contributed by atoms with Gasteiger partial charge in [-0.25, -0.2) is 18.2 Å². The molecule has 4 aromatic carbocycles. The second-order valence-electron chi connectivity index (χ2n) is 11.0. The molecule has 5 aromatic rings. The molecule has 1 atom stereocenters. The number of para-hydroxylation sites is 1. The Kier molecular flexibility index (Phi) is 7.56. The maximum atomic E-state index is 13.7. The minimum atomic E-state index is -3.82. The van der Waals surface area contributed by atoms with Crippen LogP contribution in [0.25, 0.3) is 22.4 Å². The Hall–Kier alpha value is -5.16. The Morgan fingerprint density at radius 1 is 0.955 bits per heavy atom. The third-order valence-corrected chi connectivity index (χ3v) is 9.37. The van der Waals surface area contributed by atoms with Crippen LogP contribution in [-0.4, -0.2) is 52.5 Å². The lowest BCUT2D eigenvalue weighted by molar-refractivity contribution is -0.125. The van der Waals surface area contributed by atoms with Crippen molar-refractivity contribution in [2.75, 3.05) is 16.6 Å². The van der Waals surface area contributed by atoms with E-state index in [-0.39, 0.29) is 17.2 Å². The SMILES string of the molecule is Cc1ccc(S(=O)(=O)Nc2cccc3[nH]c(-c4ccc(NC(=O)[C@@]5(Cc6ccccc6)CCCN5C(=O)O)cc4)nc23)cc1. The van der Waals surface area contributed by atoms with E-state index in [9.17, 15) is 23.1 Å². The molecule has 1 fully saturated rings. The summed E-state index contributed by atoms with van der Waals surface area (Å²) in [7, 11) is -3.82. The number of sulfonamides is 1. The molecule has 0 bridgehead atoms. The molecule has 0 saturated carbocycles. The van der Waals surface area contributed by atoms with Crippen molar-refractivity contribution in [1.82, 2.24) is 14.9 Å². The normalized spacial score (nSPS) is 16.6. The van der Waals surface area contributed by atoms with Crippen molar-refractivity contribution in [2.24, 2.45) is 0 Å². The van der Waals surface area contributed by atoms with Gasteiger partial charge in [0.05, 0.1) is 16.1 Å². The fraction of sp³-hybridized carbons (Fsp3) is 0.182. The average Bonchev–Trinajstić information content (AvgIpc) is 3.64. The number of amides is 2. The predicted molar refractivity (Wildman–Crippen MR) is 169 cm³/mol. The number of anilines is 2. The van der Waals surface area contributed by atoms with Gasteiger partial charge >= 0.3 is 6.09 Å². The molecule has 4 N–H and O–H groups in total. The van der Waals surface area contributed by atoms with Crippen LogP contribution >= 0.6 is 0 Å². The number of H-pyrrole nitrogens is 1. The molecule has 1 aromatic heterocycles. The molecule has 0 unspecified atom stereocenters. The molecule has 2 heterocycles. The highest BCUT2D eigenvalue weighted by Gasteiger charge is 2.50. The lowest BCUT2D eigenvalue weighted by atomic mass is 9.87. The Balaban J connectivity index is 1.23. The number of fused-ring (bicyclic) bond motifs is 1. The van der Waals surface area contributed by atoms with Gasteiger partial charge < -0.3 is 15.4 Å². The number of carbonyl (C=O) groups excluding carboxylic acids is 1. The number of aromatic amines is 1. The van der Waals surface area contributed by atoms with E-state index in [1.165, 1.54) is 4.90 Å². The molecule has 224 valence electrons. The number of nitrogens with one attached hydrogen (secondary N) is 3. The third-order valence-electron chi connectivity index (χ3n) is 7.99. The van der Waals surface area contributed by atoms with E-state index in [1.54, 1.807) is 60.7 Å². The first kappa shape index (κ1) is 28.9. The van der Waals surface area contributed by atoms with Gasteiger partial charge in [-0.2, -0.15) is 0 Å². The lowest BCUT2D eigenvalue weighted by Gasteiger charge is -2.35. The van der Waals surface area contributed by atoms with E-state index in [2.05, 4.69) is 20.0 Å². The minimum absolute atomic E-state index is 0.156. The number of aromatic nitrogens is 2. The van der Waals surface area contributed by atoms with Gasteiger partial charge in [-0.3, -0.25) is 14.4 Å². The van der Waals surface area contributed by atoms with Crippen LogP contribution in [0.4, 0.5) is 16.2 Å². The smallest absolute Gasteiger partial charge is 0.408 e. The number of likely N-dealkylation sites (tertiary alicyclic amines) is 1. The number of imidazole rings is 1. The number of aryl methyl sites for hydroxylation is 1. The molecule has 6 rings (SSSR count). The molecule has 2 amide bonds. The van der Waals surface area contributed by atoms with Crippen molar-refractivity contribution in [3.63, 3.8) is 0 Å². The van der Waals surface area contributed by atoms with E-state index < -0.39 is 21.7 Å². The predicted octanol–water partition coefficient (Wildman–Crippen LogP) is 6.03. The highest BCUT2D eigenvalue weighted by Crippen LogP contribution is 2.35. The van der Waals surface area contributed by atoms with Crippen LogP contribution in [0.1, 0.15) is 24.0 Å². The van der Waals surface area contributed by atoms with Gasteiger partial charge in [-0.05, 0) is 73.9 Å². The quantitative estimate of drug-likeness (QED) is 0.169. The number of hydrogen-bond donors (Lipinski definition) is 4. The molecule has 0 radical (unpaired) electrons. The summed E-state index contributed by atoms with van der Waals surface area (Å²) in [6.07, 6.45) is 0.182. The van der Waals surface area contributed by atoms with E-state index >= 15 is 0 Å². The number of rotatable bonds is 8. The maximum absolute atomic E-state index is 13.7. The summed E-state index contributed by atoms with van der Waals surface area (Å²) < 4.78 is 28.7. The fourth-order valence-electron chi connectivity index (χ4n) is 5.72. The number of nitrogens with zero attached hydrogens (tertiary/aromatic N) is 2. The van der Waals surface area contributed by atoms with Crippen LogP contribution in [0.5, 0.6) is 0 Å². The zero-order valence-corrected chi connectivity index (χ0v) is 24.8. The van der Waals surface area contributed by atoms with Gasteiger partial charge in [0.1, 0.15) is 16.9 Å². The summed E-state index contributed by atoms with van der Waals surface area (Å²) in [4.78, 5) is 35.1. The second kappa shape index (κ2) is 11.5. The molecule has 1 saturated heterocycles. The van der Waals surface area contributed by atoms with Crippen molar-refractivity contribution < 1.29 is 23.1 Å². The van der Waals surface area contributed by atoms with Crippen molar-refractivity contribution in [3.05, 3.63) is 108 Å². The summed E-state index contributed by atoms with van der Waals surface area (Å²) in [5, 5.41) is 12.8. The largest absolute Gasteiger partial charge is 0.465 e. The summed E-state index contributed by atoms with van der Waals surface area (Å²) in [5.41, 5.74) is 3.33. The van der Waals surface area contributed by atoms with Crippen LogP contribution in [0.15, 0.2) is 102 Å². The van der Waals surface area contributed by atoms with Gasteiger partial charge in [0.25, 0.3) is 15.9 Å². The zero-order chi connectivity index (χ0) is 30.9. The highest BCUT2D eigenvalue weighted by atomic mass is 32.2. The van der Waals surface area contributed by atoms with E-state index in [4.69, 9.17) is 0 Å². The first-order valence-electron chi connectivity index (χ1n) is 14.2. The van der Waals surface area contributed by atoms with E-state index in [0.29, 0.717) is 47.6 Å². The minimum Gasteiger partial charge on any atom is -0.465 e. The van der Waals surface area contributed by atoms with Crippen LogP contribution in [0.2, 0.25) is 0 Å². The van der Waals surface area contributed by atoms with E-state index in [1.807, 2.05) is 43.3 Å². The summed E-state index contributed by atoms with van der Waals surface area (Å²) >= 11 is 0. The van der Waals surface area contributed by atoms with Crippen molar-refractivity contribution in [2.45, 2.75) is 36.6 Å². The third kappa shape index (κ3) is 5.61. The van der Waals surface area contributed by atoms with Crippen molar-refractivity contribution in [1.29, 1.82) is 0 Å². The Morgan fingerprint density at radius 3 is 2.39 bits per heavy atom. The van der Waals surface area contributed by atoms with E-state index in [0.717, 1.165) is 16.7 Å². The zero-order valence-electron chi connectivity index (χ0n) is 23.9. The Labute approximate surface area is 254 Å². The monoisotopic (exact) mass is 609 g/mol. The molecule has 0 aliphatic carbocycles. The molecule has 1 aliphatic rings. The fourth-order valence-corrected chi connectivity index (χ4v) is 6.79.